The van der Waals surface area contributed by atoms with Crippen LogP contribution in [0.3, 0.4) is 0 Å². The largest absolute Gasteiger partial charge is 0.350 e. The van der Waals surface area contributed by atoms with Crippen LogP contribution in [0.2, 0.25) is 0 Å². The van der Waals surface area contributed by atoms with Crippen LogP contribution < -0.4 is 9.62 Å². The zero-order valence-electron chi connectivity index (χ0n) is 18.2. The van der Waals surface area contributed by atoms with E-state index in [2.05, 4.69) is 5.32 Å². The highest BCUT2D eigenvalue weighted by Crippen LogP contribution is 2.24. The van der Waals surface area contributed by atoms with Crippen molar-refractivity contribution in [1.29, 1.82) is 0 Å². The molecular weight excluding hydrogens is 414 g/mol. The van der Waals surface area contributed by atoms with Gasteiger partial charge in [0.2, 0.25) is 21.8 Å². The van der Waals surface area contributed by atoms with E-state index in [1.165, 1.54) is 0 Å². The van der Waals surface area contributed by atoms with E-state index in [0.717, 1.165) is 45.8 Å². The third-order valence-electron chi connectivity index (χ3n) is 5.56. The van der Waals surface area contributed by atoms with Gasteiger partial charge in [0, 0.05) is 26.1 Å². The van der Waals surface area contributed by atoms with E-state index in [9.17, 15) is 18.0 Å². The van der Waals surface area contributed by atoms with Gasteiger partial charge < -0.3 is 10.2 Å². The average Bonchev–Trinajstić information content (AvgIpc) is 3.11. The maximum absolute atomic E-state index is 12.6. The van der Waals surface area contributed by atoms with Gasteiger partial charge in [0.15, 0.2) is 0 Å². The van der Waals surface area contributed by atoms with Crippen LogP contribution in [-0.4, -0.2) is 44.5 Å². The smallest absolute Gasteiger partial charge is 0.241 e. The molecule has 0 unspecified atom stereocenters. The number of rotatable bonds is 8. The summed E-state index contributed by atoms with van der Waals surface area (Å²) in [5.74, 6) is -0.211. The Morgan fingerprint density at radius 1 is 1.13 bits per heavy atom. The first-order chi connectivity index (χ1) is 14.6. The van der Waals surface area contributed by atoms with Gasteiger partial charge in [-0.2, -0.15) is 0 Å². The molecule has 0 bridgehead atoms. The van der Waals surface area contributed by atoms with Gasteiger partial charge >= 0.3 is 0 Å². The van der Waals surface area contributed by atoms with E-state index in [4.69, 9.17) is 0 Å². The van der Waals surface area contributed by atoms with Crippen LogP contribution in [0, 0.1) is 13.8 Å². The molecule has 1 aliphatic rings. The Labute approximate surface area is 184 Å². The minimum absolute atomic E-state index is 0.172. The maximum Gasteiger partial charge on any atom is 0.241 e. The van der Waals surface area contributed by atoms with Crippen LogP contribution in [0.1, 0.15) is 35.1 Å². The molecule has 1 heterocycles. The van der Waals surface area contributed by atoms with Crippen LogP contribution in [0.15, 0.2) is 42.5 Å². The first-order valence-electron chi connectivity index (χ1n) is 10.3. The first-order valence-corrected chi connectivity index (χ1v) is 12.2. The molecule has 1 saturated heterocycles. The number of amides is 2. The number of hydrogen-bond donors (Lipinski definition) is 1. The fourth-order valence-electron chi connectivity index (χ4n) is 3.70. The van der Waals surface area contributed by atoms with Gasteiger partial charge in [0.1, 0.15) is 6.54 Å². The molecule has 2 amide bonds. The summed E-state index contributed by atoms with van der Waals surface area (Å²) in [7, 11) is -3.63. The van der Waals surface area contributed by atoms with Crippen molar-refractivity contribution in [2.75, 3.05) is 23.7 Å². The Bertz CT molecular complexity index is 1080. The number of anilines is 1. The molecular formula is C23H29N3O4S. The van der Waals surface area contributed by atoms with Gasteiger partial charge in [0.25, 0.3) is 0 Å². The topological polar surface area (TPSA) is 86.8 Å². The molecule has 0 spiro atoms. The molecule has 7 nitrogen and oxygen atoms in total. The average molecular weight is 444 g/mol. The number of hydrogen-bond acceptors (Lipinski definition) is 4. The molecule has 2 aromatic carbocycles. The van der Waals surface area contributed by atoms with Crippen molar-refractivity contribution in [3.63, 3.8) is 0 Å². The summed E-state index contributed by atoms with van der Waals surface area (Å²) >= 11 is 0. The number of nitrogens with zero attached hydrogens (tertiary/aromatic N) is 2. The lowest BCUT2D eigenvalue weighted by Gasteiger charge is -2.24. The number of likely N-dealkylation sites (tertiary alicyclic amines) is 1. The lowest BCUT2D eigenvalue weighted by atomic mass is 10.1. The normalized spacial score (nSPS) is 14.0. The highest BCUT2D eigenvalue weighted by atomic mass is 32.2. The fraction of sp³-hybridized carbons (Fsp3) is 0.391. The molecule has 0 radical (unpaired) electrons. The summed E-state index contributed by atoms with van der Waals surface area (Å²) in [4.78, 5) is 26.3. The van der Waals surface area contributed by atoms with E-state index in [1.807, 2.05) is 49.1 Å². The summed E-state index contributed by atoms with van der Waals surface area (Å²) in [6.45, 7) is 5.09. The van der Waals surface area contributed by atoms with Crippen molar-refractivity contribution >= 4 is 27.5 Å². The van der Waals surface area contributed by atoms with Crippen molar-refractivity contribution in [1.82, 2.24) is 10.2 Å². The van der Waals surface area contributed by atoms with E-state index < -0.39 is 10.0 Å². The number of nitrogens with one attached hydrogen (secondary N) is 1. The number of aryl methyl sites for hydroxylation is 1. The quantitative estimate of drug-likeness (QED) is 0.679. The molecule has 1 fully saturated rings. The number of sulfonamides is 1. The van der Waals surface area contributed by atoms with Crippen LogP contribution >= 0.6 is 0 Å². The fourth-order valence-corrected chi connectivity index (χ4v) is 4.61. The molecule has 166 valence electrons. The van der Waals surface area contributed by atoms with Crippen LogP contribution in [0.25, 0.3) is 0 Å². The number of carbonyl (C=O) groups excluding carboxylic acids is 2. The molecule has 8 heteroatoms. The predicted molar refractivity (Wildman–Crippen MR) is 121 cm³/mol. The minimum atomic E-state index is -3.63. The minimum Gasteiger partial charge on any atom is -0.350 e. The summed E-state index contributed by atoms with van der Waals surface area (Å²) in [5.41, 5.74) is 4.20. The molecule has 0 saturated carbocycles. The Balaban J connectivity index is 1.65. The number of carbonyl (C=O) groups is 2. The van der Waals surface area contributed by atoms with Crippen molar-refractivity contribution in [3.05, 3.63) is 64.7 Å². The van der Waals surface area contributed by atoms with E-state index in [-0.39, 0.29) is 24.9 Å². The standard InChI is InChI=1S/C23H29N3O4S/c1-17-7-4-10-21(18(17)2)26(31(3,29)30)16-22(27)24-14-19-8-5-9-20(13-19)15-25-12-6-11-23(25)28/h4-5,7-10,13H,6,11-12,14-16H2,1-3H3,(H,24,27). The second-order valence-corrected chi connectivity index (χ2v) is 9.91. The lowest BCUT2D eigenvalue weighted by Crippen LogP contribution is -2.40. The zero-order chi connectivity index (χ0) is 22.6. The van der Waals surface area contributed by atoms with Gasteiger partial charge in [-0.05, 0) is 48.6 Å². The van der Waals surface area contributed by atoms with Gasteiger partial charge in [0.05, 0.1) is 11.9 Å². The van der Waals surface area contributed by atoms with Crippen LogP contribution in [0.5, 0.6) is 0 Å². The molecule has 31 heavy (non-hydrogen) atoms. The highest BCUT2D eigenvalue weighted by Gasteiger charge is 2.23. The van der Waals surface area contributed by atoms with Gasteiger partial charge in [-0.25, -0.2) is 8.42 Å². The van der Waals surface area contributed by atoms with Crippen LogP contribution in [-0.2, 0) is 32.7 Å². The second-order valence-electron chi connectivity index (χ2n) is 8.00. The van der Waals surface area contributed by atoms with Crippen molar-refractivity contribution in [2.45, 2.75) is 39.8 Å². The van der Waals surface area contributed by atoms with E-state index in [0.29, 0.717) is 18.7 Å². The Kier molecular flexibility index (Phi) is 7.00. The molecule has 0 atom stereocenters. The zero-order valence-corrected chi connectivity index (χ0v) is 19.0. The van der Waals surface area contributed by atoms with Gasteiger partial charge in [-0.1, -0.05) is 36.4 Å². The Morgan fingerprint density at radius 3 is 2.52 bits per heavy atom. The van der Waals surface area contributed by atoms with E-state index >= 15 is 0 Å². The summed E-state index contributed by atoms with van der Waals surface area (Å²) < 4.78 is 25.8. The maximum atomic E-state index is 12.6. The summed E-state index contributed by atoms with van der Waals surface area (Å²) in [5, 5.41) is 2.81. The molecule has 2 aromatic rings. The molecule has 3 rings (SSSR count). The Hall–Kier alpha value is -2.87. The lowest BCUT2D eigenvalue weighted by molar-refractivity contribution is -0.128. The monoisotopic (exact) mass is 443 g/mol. The summed E-state index contributed by atoms with van der Waals surface area (Å²) in [6.07, 6.45) is 2.60. The third-order valence-corrected chi connectivity index (χ3v) is 6.68. The number of benzene rings is 2. The highest BCUT2D eigenvalue weighted by molar-refractivity contribution is 7.92. The van der Waals surface area contributed by atoms with Gasteiger partial charge in [-0.3, -0.25) is 13.9 Å². The molecule has 1 N–H and O–H groups in total. The second kappa shape index (κ2) is 9.51. The SMILES string of the molecule is Cc1cccc(N(CC(=O)NCc2cccc(CN3CCCC3=O)c2)S(C)(=O)=O)c1C. The molecule has 1 aliphatic heterocycles. The summed E-state index contributed by atoms with van der Waals surface area (Å²) in [6, 6.07) is 13.1. The van der Waals surface area contributed by atoms with Crippen molar-refractivity contribution in [3.8, 4) is 0 Å². The van der Waals surface area contributed by atoms with Gasteiger partial charge in [-0.15, -0.1) is 0 Å². The van der Waals surface area contributed by atoms with E-state index in [1.54, 1.807) is 12.1 Å². The third kappa shape index (κ3) is 5.85. The first kappa shape index (κ1) is 22.8. The Morgan fingerprint density at radius 2 is 1.84 bits per heavy atom. The predicted octanol–water partition coefficient (Wildman–Crippen LogP) is 2.51. The molecule has 0 aliphatic carbocycles. The van der Waals surface area contributed by atoms with Crippen LogP contribution in [0.4, 0.5) is 5.69 Å². The molecule has 0 aromatic heterocycles. The van der Waals surface area contributed by atoms with Crippen molar-refractivity contribution < 1.29 is 18.0 Å². The van der Waals surface area contributed by atoms with Crippen molar-refractivity contribution in [2.24, 2.45) is 0 Å².